The Morgan fingerprint density at radius 3 is 2.96 bits per heavy atom. The van der Waals surface area contributed by atoms with Gasteiger partial charge in [0.2, 0.25) is 0 Å². The van der Waals surface area contributed by atoms with Crippen molar-refractivity contribution in [1.29, 1.82) is 0 Å². The molecule has 1 N–H and O–H groups in total. The third kappa shape index (κ3) is 3.38. The molecule has 2 aliphatic rings. The fraction of sp³-hybridized carbons (Fsp3) is 0.647. The maximum Gasteiger partial charge on any atom is 0.321 e. The number of likely N-dealkylation sites (tertiary alicyclic amines) is 1. The number of anilines is 1. The van der Waals surface area contributed by atoms with E-state index in [1.54, 1.807) is 17.1 Å². The SMILES string of the molecule is Cn1cc(NC(=O)N2CCC[C@H](c3nnc4n3CCCCC4)C2)cn1. The number of hydrogen-bond acceptors (Lipinski definition) is 4. The monoisotopic (exact) mass is 343 g/mol. The van der Waals surface area contributed by atoms with Crippen molar-refractivity contribution >= 4 is 11.7 Å². The van der Waals surface area contributed by atoms with E-state index in [9.17, 15) is 4.79 Å². The number of carbonyl (C=O) groups excluding carboxylic acids is 1. The summed E-state index contributed by atoms with van der Waals surface area (Å²) in [6.07, 6.45) is 10.2. The van der Waals surface area contributed by atoms with E-state index in [2.05, 4.69) is 25.2 Å². The highest BCUT2D eigenvalue weighted by Gasteiger charge is 2.29. The Morgan fingerprint density at radius 1 is 1.20 bits per heavy atom. The average molecular weight is 343 g/mol. The van der Waals surface area contributed by atoms with Gasteiger partial charge in [-0.25, -0.2) is 4.79 Å². The lowest BCUT2D eigenvalue weighted by atomic mass is 9.97. The van der Waals surface area contributed by atoms with Crippen molar-refractivity contribution < 1.29 is 4.79 Å². The third-order valence-corrected chi connectivity index (χ3v) is 5.17. The highest BCUT2D eigenvalue weighted by atomic mass is 16.2. The summed E-state index contributed by atoms with van der Waals surface area (Å²) in [7, 11) is 1.84. The van der Waals surface area contributed by atoms with Crippen LogP contribution in [0.1, 0.15) is 49.7 Å². The van der Waals surface area contributed by atoms with Crippen LogP contribution in [0.25, 0.3) is 0 Å². The lowest BCUT2D eigenvalue weighted by Gasteiger charge is -2.32. The molecule has 1 saturated heterocycles. The van der Waals surface area contributed by atoms with E-state index in [0.29, 0.717) is 6.54 Å². The van der Waals surface area contributed by atoms with Gasteiger partial charge in [-0.3, -0.25) is 4.68 Å². The van der Waals surface area contributed by atoms with Crippen LogP contribution in [0.15, 0.2) is 12.4 Å². The predicted molar refractivity (Wildman–Crippen MR) is 93.4 cm³/mol. The van der Waals surface area contributed by atoms with E-state index >= 15 is 0 Å². The van der Waals surface area contributed by atoms with Gasteiger partial charge in [0, 0.05) is 45.2 Å². The van der Waals surface area contributed by atoms with Gasteiger partial charge in [0.1, 0.15) is 11.6 Å². The van der Waals surface area contributed by atoms with E-state index in [1.165, 1.54) is 19.3 Å². The standard InChI is InChI=1S/C17H25N7O/c1-22-12-14(10-18-22)19-17(25)23-8-5-6-13(11-23)16-21-20-15-7-3-2-4-9-24(15)16/h10,12-13H,2-9,11H2,1H3,(H,19,25)/t13-/m0/s1. The molecule has 1 atom stereocenters. The molecule has 0 spiro atoms. The summed E-state index contributed by atoms with van der Waals surface area (Å²) in [6.45, 7) is 2.49. The molecule has 2 aromatic heterocycles. The Balaban J connectivity index is 1.46. The molecule has 0 aromatic carbocycles. The average Bonchev–Trinajstić information content (AvgIpc) is 3.14. The first-order chi connectivity index (χ1) is 12.2. The molecule has 25 heavy (non-hydrogen) atoms. The zero-order valence-corrected chi connectivity index (χ0v) is 14.7. The van der Waals surface area contributed by atoms with Crippen LogP contribution in [0.5, 0.6) is 0 Å². The molecular formula is C17H25N7O. The fourth-order valence-corrected chi connectivity index (χ4v) is 3.87. The number of carbonyl (C=O) groups is 1. The van der Waals surface area contributed by atoms with Gasteiger partial charge in [0.15, 0.2) is 0 Å². The summed E-state index contributed by atoms with van der Waals surface area (Å²) in [4.78, 5) is 14.5. The molecule has 8 nitrogen and oxygen atoms in total. The van der Waals surface area contributed by atoms with Crippen LogP contribution < -0.4 is 5.32 Å². The van der Waals surface area contributed by atoms with E-state index in [0.717, 1.165) is 49.7 Å². The van der Waals surface area contributed by atoms with Crippen LogP contribution in [-0.2, 0) is 20.0 Å². The minimum Gasteiger partial charge on any atom is -0.324 e. The minimum atomic E-state index is -0.0618. The number of amides is 2. The fourth-order valence-electron chi connectivity index (χ4n) is 3.87. The second-order valence-corrected chi connectivity index (χ2v) is 7.05. The summed E-state index contributed by atoms with van der Waals surface area (Å²) < 4.78 is 3.99. The Bertz CT molecular complexity index is 750. The van der Waals surface area contributed by atoms with E-state index in [4.69, 9.17) is 0 Å². The molecule has 4 heterocycles. The molecule has 134 valence electrons. The summed E-state index contributed by atoms with van der Waals surface area (Å²) in [6, 6.07) is -0.0618. The van der Waals surface area contributed by atoms with Crippen molar-refractivity contribution in [2.75, 3.05) is 18.4 Å². The molecule has 0 radical (unpaired) electrons. The summed E-state index contributed by atoms with van der Waals surface area (Å²) in [5, 5.41) is 15.9. The van der Waals surface area contributed by atoms with Crippen molar-refractivity contribution in [3.63, 3.8) is 0 Å². The highest BCUT2D eigenvalue weighted by Crippen LogP contribution is 2.28. The summed E-state index contributed by atoms with van der Waals surface area (Å²) in [5.74, 6) is 2.45. The van der Waals surface area contributed by atoms with E-state index in [1.807, 2.05) is 11.9 Å². The number of rotatable bonds is 2. The number of aryl methyl sites for hydroxylation is 2. The molecule has 0 bridgehead atoms. The molecule has 0 aliphatic carbocycles. The second-order valence-electron chi connectivity index (χ2n) is 7.05. The smallest absolute Gasteiger partial charge is 0.321 e. The van der Waals surface area contributed by atoms with Crippen molar-refractivity contribution in [3.8, 4) is 0 Å². The lowest BCUT2D eigenvalue weighted by Crippen LogP contribution is -2.42. The Kier molecular flexibility index (Phi) is 4.42. The molecule has 0 saturated carbocycles. The van der Waals surface area contributed by atoms with E-state index in [-0.39, 0.29) is 11.9 Å². The van der Waals surface area contributed by atoms with Crippen molar-refractivity contribution in [2.24, 2.45) is 7.05 Å². The van der Waals surface area contributed by atoms with Crippen LogP contribution in [0.2, 0.25) is 0 Å². The maximum absolute atomic E-state index is 12.6. The number of nitrogens with zero attached hydrogens (tertiary/aromatic N) is 6. The number of nitrogens with one attached hydrogen (secondary N) is 1. The Hall–Kier alpha value is -2.38. The Morgan fingerprint density at radius 2 is 2.12 bits per heavy atom. The predicted octanol–water partition coefficient (Wildman–Crippen LogP) is 2.15. The van der Waals surface area contributed by atoms with Crippen molar-refractivity contribution in [2.45, 2.75) is 51.0 Å². The number of hydrogen-bond donors (Lipinski definition) is 1. The van der Waals surface area contributed by atoms with Gasteiger partial charge in [0.25, 0.3) is 0 Å². The molecule has 2 amide bonds. The molecule has 8 heteroatoms. The molecule has 0 unspecified atom stereocenters. The van der Waals surface area contributed by atoms with Crippen molar-refractivity contribution in [3.05, 3.63) is 24.0 Å². The normalized spacial score (nSPS) is 20.8. The summed E-state index contributed by atoms with van der Waals surface area (Å²) in [5.41, 5.74) is 0.728. The lowest BCUT2D eigenvalue weighted by molar-refractivity contribution is 0.190. The van der Waals surface area contributed by atoms with E-state index < -0.39 is 0 Å². The zero-order chi connectivity index (χ0) is 17.2. The number of piperidine rings is 1. The van der Waals surface area contributed by atoms with Crippen LogP contribution in [0.4, 0.5) is 10.5 Å². The van der Waals surface area contributed by atoms with Crippen LogP contribution in [0.3, 0.4) is 0 Å². The quantitative estimate of drug-likeness (QED) is 0.906. The van der Waals surface area contributed by atoms with Crippen LogP contribution in [0, 0.1) is 0 Å². The van der Waals surface area contributed by atoms with Crippen molar-refractivity contribution in [1.82, 2.24) is 29.4 Å². The number of urea groups is 1. The minimum absolute atomic E-state index is 0.0618. The molecule has 1 fully saturated rings. The van der Waals surface area contributed by atoms with Crippen LogP contribution >= 0.6 is 0 Å². The number of fused-ring (bicyclic) bond motifs is 1. The Labute approximate surface area is 147 Å². The first-order valence-electron chi connectivity index (χ1n) is 9.17. The third-order valence-electron chi connectivity index (χ3n) is 5.17. The van der Waals surface area contributed by atoms with Gasteiger partial charge < -0.3 is 14.8 Å². The van der Waals surface area contributed by atoms with Gasteiger partial charge in [-0.15, -0.1) is 10.2 Å². The second kappa shape index (κ2) is 6.85. The maximum atomic E-state index is 12.6. The zero-order valence-electron chi connectivity index (χ0n) is 14.7. The molecule has 4 rings (SSSR count). The first-order valence-corrected chi connectivity index (χ1v) is 9.17. The number of aromatic nitrogens is 5. The largest absolute Gasteiger partial charge is 0.324 e. The first kappa shape index (κ1) is 16.1. The van der Waals surface area contributed by atoms with Gasteiger partial charge in [0.05, 0.1) is 11.9 Å². The topological polar surface area (TPSA) is 80.9 Å². The van der Waals surface area contributed by atoms with Gasteiger partial charge in [-0.2, -0.15) is 5.10 Å². The van der Waals surface area contributed by atoms with Gasteiger partial charge in [-0.05, 0) is 25.7 Å². The highest BCUT2D eigenvalue weighted by molar-refractivity contribution is 5.89. The van der Waals surface area contributed by atoms with Crippen LogP contribution in [-0.4, -0.2) is 48.6 Å². The molecule has 2 aromatic rings. The van der Waals surface area contributed by atoms with Gasteiger partial charge >= 0.3 is 6.03 Å². The molecular weight excluding hydrogens is 318 g/mol. The van der Waals surface area contributed by atoms with Gasteiger partial charge in [-0.1, -0.05) is 6.42 Å². The summed E-state index contributed by atoms with van der Waals surface area (Å²) >= 11 is 0. The molecule has 2 aliphatic heterocycles.